The summed E-state index contributed by atoms with van der Waals surface area (Å²) in [4.78, 5) is 6.86. The van der Waals surface area contributed by atoms with Crippen molar-refractivity contribution in [1.82, 2.24) is 19.5 Å². The van der Waals surface area contributed by atoms with Crippen molar-refractivity contribution in [3.8, 4) is 0 Å². The van der Waals surface area contributed by atoms with Gasteiger partial charge in [-0.2, -0.15) is 5.10 Å². The van der Waals surface area contributed by atoms with E-state index in [4.69, 9.17) is 4.74 Å². The third-order valence-corrected chi connectivity index (χ3v) is 3.10. The average molecular weight is 247 g/mol. The number of ether oxygens (including phenoxy) is 1. The van der Waals surface area contributed by atoms with Gasteiger partial charge >= 0.3 is 0 Å². The zero-order valence-corrected chi connectivity index (χ0v) is 10.2. The first kappa shape index (κ1) is 11.4. The van der Waals surface area contributed by atoms with Crippen LogP contribution in [0.1, 0.15) is 0 Å². The first-order valence-electron chi connectivity index (χ1n) is 6.26. The summed E-state index contributed by atoms with van der Waals surface area (Å²) in [6.45, 7) is 5.67. The summed E-state index contributed by atoms with van der Waals surface area (Å²) in [5.74, 6) is 0.899. The third kappa shape index (κ3) is 2.60. The molecule has 3 rings (SSSR count). The zero-order valence-electron chi connectivity index (χ0n) is 10.2. The van der Waals surface area contributed by atoms with Crippen LogP contribution in [0.15, 0.2) is 24.5 Å². The van der Waals surface area contributed by atoms with Crippen LogP contribution in [-0.4, -0.2) is 58.9 Å². The van der Waals surface area contributed by atoms with E-state index in [0.29, 0.717) is 0 Å². The molecule has 0 aromatic carbocycles. The van der Waals surface area contributed by atoms with Crippen molar-refractivity contribution < 1.29 is 4.74 Å². The molecule has 1 aliphatic rings. The highest BCUT2D eigenvalue weighted by atomic mass is 16.5. The van der Waals surface area contributed by atoms with E-state index in [1.165, 1.54) is 0 Å². The van der Waals surface area contributed by atoms with Gasteiger partial charge in [-0.3, -0.25) is 4.90 Å². The fourth-order valence-electron chi connectivity index (χ4n) is 2.08. The number of hydrogen-bond acceptors (Lipinski definition) is 5. The Morgan fingerprint density at radius 2 is 2.17 bits per heavy atom. The van der Waals surface area contributed by atoms with Crippen molar-refractivity contribution >= 4 is 11.5 Å². The van der Waals surface area contributed by atoms with E-state index in [1.54, 1.807) is 10.7 Å². The van der Waals surface area contributed by atoms with Gasteiger partial charge in [-0.25, -0.2) is 9.50 Å². The van der Waals surface area contributed by atoms with Gasteiger partial charge in [0, 0.05) is 38.4 Å². The van der Waals surface area contributed by atoms with E-state index in [9.17, 15) is 0 Å². The number of fused-ring (bicyclic) bond motifs is 1. The topological polar surface area (TPSA) is 54.7 Å². The van der Waals surface area contributed by atoms with Gasteiger partial charge in [0.05, 0.1) is 19.4 Å². The van der Waals surface area contributed by atoms with Gasteiger partial charge < -0.3 is 10.1 Å². The Morgan fingerprint density at radius 3 is 3.06 bits per heavy atom. The first-order valence-corrected chi connectivity index (χ1v) is 6.26. The van der Waals surface area contributed by atoms with Crippen LogP contribution < -0.4 is 5.32 Å². The van der Waals surface area contributed by atoms with Crippen LogP contribution >= 0.6 is 0 Å². The molecule has 0 saturated carbocycles. The Morgan fingerprint density at radius 1 is 1.28 bits per heavy atom. The summed E-state index contributed by atoms with van der Waals surface area (Å²) in [5, 5.41) is 7.46. The van der Waals surface area contributed by atoms with Crippen molar-refractivity contribution in [2.45, 2.75) is 0 Å². The molecule has 6 nitrogen and oxygen atoms in total. The smallest absolute Gasteiger partial charge is 0.157 e. The largest absolute Gasteiger partial charge is 0.379 e. The van der Waals surface area contributed by atoms with Gasteiger partial charge in [0.2, 0.25) is 0 Å². The number of rotatable bonds is 4. The van der Waals surface area contributed by atoms with Gasteiger partial charge in [0.25, 0.3) is 0 Å². The maximum Gasteiger partial charge on any atom is 0.157 e. The van der Waals surface area contributed by atoms with Crippen LogP contribution in [0.3, 0.4) is 0 Å². The van der Waals surface area contributed by atoms with Crippen molar-refractivity contribution in [3.05, 3.63) is 24.5 Å². The third-order valence-electron chi connectivity index (χ3n) is 3.10. The number of morpholine rings is 1. The Bertz CT molecular complexity index is 506. The van der Waals surface area contributed by atoms with Crippen molar-refractivity contribution in [1.29, 1.82) is 0 Å². The minimum Gasteiger partial charge on any atom is -0.379 e. The normalized spacial score (nSPS) is 17.1. The van der Waals surface area contributed by atoms with Gasteiger partial charge in [-0.1, -0.05) is 0 Å². The predicted molar refractivity (Wildman–Crippen MR) is 68.7 cm³/mol. The van der Waals surface area contributed by atoms with E-state index < -0.39 is 0 Å². The second-order valence-corrected chi connectivity index (χ2v) is 4.33. The minimum atomic E-state index is 0.847. The van der Waals surface area contributed by atoms with Crippen molar-refractivity contribution in [2.75, 3.05) is 44.7 Å². The SMILES string of the molecule is c1cc2nc(NCCN3CCOCC3)ccn2n1. The monoisotopic (exact) mass is 247 g/mol. The standard InChI is InChI=1S/C12H17N5O/c1-3-14-17-5-2-11(15-12(1)17)13-4-6-16-7-9-18-10-8-16/h1-3,5H,4,6-10H2,(H,13,15). The number of hydrogen-bond donors (Lipinski definition) is 1. The maximum absolute atomic E-state index is 5.32. The number of aromatic nitrogens is 3. The maximum atomic E-state index is 5.32. The van der Waals surface area contributed by atoms with Crippen molar-refractivity contribution in [2.24, 2.45) is 0 Å². The summed E-state index contributed by atoms with van der Waals surface area (Å²) in [5.41, 5.74) is 0.867. The van der Waals surface area contributed by atoms with Gasteiger partial charge in [0.15, 0.2) is 5.65 Å². The molecule has 0 aliphatic carbocycles. The fourth-order valence-corrected chi connectivity index (χ4v) is 2.08. The van der Waals surface area contributed by atoms with Crippen LogP contribution in [0.4, 0.5) is 5.82 Å². The molecule has 96 valence electrons. The Labute approximate surface area is 106 Å². The molecule has 2 aromatic heterocycles. The molecule has 2 aromatic rings. The van der Waals surface area contributed by atoms with E-state index in [0.717, 1.165) is 50.9 Å². The van der Waals surface area contributed by atoms with E-state index in [1.807, 2.05) is 18.3 Å². The molecule has 0 amide bonds. The zero-order chi connectivity index (χ0) is 12.2. The van der Waals surface area contributed by atoms with Gasteiger partial charge in [0.1, 0.15) is 5.82 Å². The lowest BCUT2D eigenvalue weighted by molar-refractivity contribution is 0.0398. The molecule has 0 radical (unpaired) electrons. The van der Waals surface area contributed by atoms with E-state index in [2.05, 4.69) is 20.3 Å². The summed E-state index contributed by atoms with van der Waals surface area (Å²) in [7, 11) is 0. The molecule has 18 heavy (non-hydrogen) atoms. The Balaban J connectivity index is 1.52. The molecule has 1 fully saturated rings. The van der Waals surface area contributed by atoms with Crippen LogP contribution in [-0.2, 0) is 4.74 Å². The number of anilines is 1. The highest BCUT2D eigenvalue weighted by Crippen LogP contribution is 2.05. The second-order valence-electron chi connectivity index (χ2n) is 4.33. The highest BCUT2D eigenvalue weighted by molar-refractivity contribution is 5.45. The fraction of sp³-hybridized carbons (Fsp3) is 0.500. The quantitative estimate of drug-likeness (QED) is 0.851. The molecule has 0 unspecified atom stereocenters. The summed E-state index contributed by atoms with van der Waals surface area (Å²) in [6, 6.07) is 3.84. The summed E-state index contributed by atoms with van der Waals surface area (Å²) < 4.78 is 7.08. The second kappa shape index (κ2) is 5.32. The summed E-state index contributed by atoms with van der Waals surface area (Å²) in [6.07, 6.45) is 3.67. The minimum absolute atomic E-state index is 0.847. The average Bonchev–Trinajstić information content (AvgIpc) is 2.87. The molecular weight excluding hydrogens is 230 g/mol. The van der Waals surface area contributed by atoms with E-state index >= 15 is 0 Å². The molecule has 0 spiro atoms. The Kier molecular flexibility index (Phi) is 3.38. The predicted octanol–water partition coefficient (Wildman–Crippen LogP) is 0.473. The van der Waals surface area contributed by atoms with E-state index in [-0.39, 0.29) is 0 Å². The number of nitrogens with one attached hydrogen (secondary N) is 1. The molecule has 0 bridgehead atoms. The molecule has 1 aliphatic heterocycles. The number of nitrogens with zero attached hydrogens (tertiary/aromatic N) is 4. The van der Waals surface area contributed by atoms with Crippen molar-refractivity contribution in [3.63, 3.8) is 0 Å². The molecule has 6 heteroatoms. The lowest BCUT2D eigenvalue weighted by atomic mass is 10.4. The van der Waals surface area contributed by atoms with Crippen LogP contribution in [0.5, 0.6) is 0 Å². The van der Waals surface area contributed by atoms with Gasteiger partial charge in [-0.15, -0.1) is 0 Å². The Hall–Kier alpha value is -1.66. The molecule has 3 heterocycles. The molecular formula is C12H17N5O. The molecule has 1 N–H and O–H groups in total. The lowest BCUT2D eigenvalue weighted by Gasteiger charge is -2.26. The van der Waals surface area contributed by atoms with Crippen LogP contribution in [0.2, 0.25) is 0 Å². The first-order chi connectivity index (χ1) is 8.92. The molecule has 0 atom stereocenters. The van der Waals surface area contributed by atoms with Gasteiger partial charge in [-0.05, 0) is 6.07 Å². The highest BCUT2D eigenvalue weighted by Gasteiger charge is 2.09. The summed E-state index contributed by atoms with van der Waals surface area (Å²) >= 11 is 0. The van der Waals surface area contributed by atoms with Crippen LogP contribution in [0.25, 0.3) is 5.65 Å². The van der Waals surface area contributed by atoms with Crippen LogP contribution in [0, 0.1) is 0 Å². The molecule has 1 saturated heterocycles. The lowest BCUT2D eigenvalue weighted by Crippen LogP contribution is -2.39.